The van der Waals surface area contributed by atoms with Crippen molar-refractivity contribution in [2.75, 3.05) is 0 Å². The first-order valence-corrected chi connectivity index (χ1v) is 10.1. The first kappa shape index (κ1) is 16.9. The summed E-state index contributed by atoms with van der Waals surface area (Å²) in [5, 5.41) is 7.17. The second kappa shape index (κ2) is 6.78. The van der Waals surface area contributed by atoms with Crippen LogP contribution in [0.15, 0.2) is 109 Å². The monoisotopic (exact) mass is 382 g/mol. The number of hydrogen-bond donors (Lipinski definition) is 0. The van der Waals surface area contributed by atoms with Crippen molar-refractivity contribution in [3.8, 4) is 22.5 Å². The molecule has 0 aliphatic rings. The van der Waals surface area contributed by atoms with Crippen LogP contribution in [0, 0.1) is 0 Å². The van der Waals surface area contributed by atoms with Gasteiger partial charge in [-0.2, -0.15) is 0 Å². The van der Waals surface area contributed by atoms with E-state index in [0.717, 1.165) is 22.5 Å². The van der Waals surface area contributed by atoms with Crippen LogP contribution in [0.3, 0.4) is 0 Å². The van der Waals surface area contributed by atoms with Crippen molar-refractivity contribution in [3.05, 3.63) is 109 Å². The average molecular weight is 382 g/mol. The number of fused-ring (bicyclic) bond motifs is 3. The molecule has 2 heteroatoms. The highest BCUT2D eigenvalue weighted by molar-refractivity contribution is 6.09. The Morgan fingerprint density at radius 3 is 1.27 bits per heavy atom. The van der Waals surface area contributed by atoms with Gasteiger partial charge < -0.3 is 0 Å². The Balaban J connectivity index is 1.64. The minimum atomic E-state index is 1.02. The van der Waals surface area contributed by atoms with Crippen molar-refractivity contribution in [2.45, 2.75) is 0 Å². The van der Waals surface area contributed by atoms with Crippen LogP contribution in [-0.4, -0.2) is 9.97 Å². The molecule has 0 aliphatic carbocycles. The third kappa shape index (κ3) is 2.73. The summed E-state index contributed by atoms with van der Waals surface area (Å²) < 4.78 is 0. The molecule has 0 spiro atoms. The molecule has 0 fully saturated rings. The van der Waals surface area contributed by atoms with Gasteiger partial charge in [0.1, 0.15) is 0 Å². The Kier molecular flexibility index (Phi) is 3.82. The number of benzene rings is 4. The van der Waals surface area contributed by atoms with Gasteiger partial charge in [-0.15, -0.1) is 0 Å². The summed E-state index contributed by atoms with van der Waals surface area (Å²) >= 11 is 0. The Morgan fingerprint density at radius 1 is 0.400 bits per heavy atom. The van der Waals surface area contributed by atoms with Gasteiger partial charge in [-0.3, -0.25) is 9.97 Å². The van der Waals surface area contributed by atoms with Crippen LogP contribution in [-0.2, 0) is 0 Å². The lowest BCUT2D eigenvalue weighted by Crippen LogP contribution is -1.88. The highest BCUT2D eigenvalue weighted by Crippen LogP contribution is 2.34. The van der Waals surface area contributed by atoms with E-state index in [-0.39, 0.29) is 0 Å². The standard InChI is InChI=1S/C28H18N2/c1-3-7-19(8-4-1)27-25-17-23-16-22-12-14-30-28(20-9-5-2-6-10-20)26(22)18-24(23)15-21(25)11-13-29-27/h1-18H. The van der Waals surface area contributed by atoms with E-state index in [1.165, 1.54) is 32.3 Å². The molecule has 30 heavy (non-hydrogen) atoms. The average Bonchev–Trinajstić information content (AvgIpc) is 2.82. The van der Waals surface area contributed by atoms with Gasteiger partial charge in [-0.1, -0.05) is 60.7 Å². The molecule has 140 valence electrons. The summed E-state index contributed by atoms with van der Waals surface area (Å²) in [6, 6.07) is 34.0. The van der Waals surface area contributed by atoms with Crippen molar-refractivity contribution in [2.24, 2.45) is 0 Å². The lowest BCUT2D eigenvalue weighted by molar-refractivity contribution is 1.36. The molecule has 2 heterocycles. The fourth-order valence-corrected chi connectivity index (χ4v) is 4.25. The quantitative estimate of drug-likeness (QED) is 0.294. The zero-order valence-electron chi connectivity index (χ0n) is 16.3. The summed E-state index contributed by atoms with van der Waals surface area (Å²) in [7, 11) is 0. The molecule has 0 N–H and O–H groups in total. The van der Waals surface area contributed by atoms with E-state index in [2.05, 4.69) is 84.9 Å². The van der Waals surface area contributed by atoms with Crippen LogP contribution >= 0.6 is 0 Å². The summed E-state index contributed by atoms with van der Waals surface area (Å²) in [5.74, 6) is 0. The first-order valence-electron chi connectivity index (χ1n) is 10.1. The summed E-state index contributed by atoms with van der Waals surface area (Å²) in [6.07, 6.45) is 3.79. The zero-order valence-corrected chi connectivity index (χ0v) is 16.3. The molecule has 4 aromatic carbocycles. The predicted molar refractivity (Wildman–Crippen MR) is 125 cm³/mol. The molecule has 6 aromatic rings. The van der Waals surface area contributed by atoms with E-state index < -0.39 is 0 Å². The SMILES string of the molecule is c1ccc(-c2nccc3cc4cc5c(-c6ccccc6)nccc5cc4cc23)cc1. The van der Waals surface area contributed by atoms with E-state index in [1.54, 1.807) is 0 Å². The number of hydrogen-bond acceptors (Lipinski definition) is 2. The van der Waals surface area contributed by atoms with Crippen LogP contribution < -0.4 is 0 Å². The molecule has 0 saturated heterocycles. The number of pyridine rings is 2. The van der Waals surface area contributed by atoms with E-state index in [9.17, 15) is 0 Å². The first-order chi connectivity index (χ1) is 14.9. The number of rotatable bonds is 2. The maximum atomic E-state index is 4.69. The van der Waals surface area contributed by atoms with Crippen LogP contribution in [0.1, 0.15) is 0 Å². The molecular formula is C28H18N2. The minimum absolute atomic E-state index is 1.02. The lowest BCUT2D eigenvalue weighted by Gasteiger charge is -2.11. The van der Waals surface area contributed by atoms with Crippen LogP contribution in [0.4, 0.5) is 0 Å². The molecule has 2 aromatic heterocycles. The fourth-order valence-electron chi connectivity index (χ4n) is 4.25. The number of aromatic nitrogens is 2. The van der Waals surface area contributed by atoms with E-state index in [4.69, 9.17) is 9.97 Å². The Bertz CT molecular complexity index is 1400. The molecule has 0 saturated carbocycles. The molecule has 0 unspecified atom stereocenters. The Hall–Kier alpha value is -4.04. The summed E-state index contributed by atoms with van der Waals surface area (Å²) in [5.41, 5.74) is 4.32. The third-order valence-electron chi connectivity index (χ3n) is 5.70. The lowest BCUT2D eigenvalue weighted by atomic mass is 9.96. The normalized spacial score (nSPS) is 11.3. The highest BCUT2D eigenvalue weighted by atomic mass is 14.7. The van der Waals surface area contributed by atoms with Crippen LogP contribution in [0.5, 0.6) is 0 Å². The van der Waals surface area contributed by atoms with Gasteiger partial charge in [0.25, 0.3) is 0 Å². The van der Waals surface area contributed by atoms with Crippen LogP contribution in [0.25, 0.3) is 54.8 Å². The third-order valence-corrected chi connectivity index (χ3v) is 5.70. The summed E-state index contributed by atoms with van der Waals surface area (Å²) in [6.45, 7) is 0. The molecular weight excluding hydrogens is 364 g/mol. The van der Waals surface area contributed by atoms with Gasteiger partial charge in [-0.05, 0) is 57.9 Å². The topological polar surface area (TPSA) is 25.8 Å². The van der Waals surface area contributed by atoms with Crippen molar-refractivity contribution >= 4 is 32.3 Å². The maximum absolute atomic E-state index is 4.69. The molecule has 2 nitrogen and oxygen atoms in total. The van der Waals surface area contributed by atoms with Gasteiger partial charge in [0.15, 0.2) is 0 Å². The van der Waals surface area contributed by atoms with E-state index in [1.807, 2.05) is 24.5 Å². The molecule has 0 bridgehead atoms. The zero-order chi connectivity index (χ0) is 19.9. The van der Waals surface area contributed by atoms with E-state index >= 15 is 0 Å². The second-order valence-electron chi connectivity index (χ2n) is 7.55. The number of nitrogens with zero attached hydrogens (tertiary/aromatic N) is 2. The van der Waals surface area contributed by atoms with Crippen LogP contribution in [0.2, 0.25) is 0 Å². The van der Waals surface area contributed by atoms with Gasteiger partial charge >= 0.3 is 0 Å². The Morgan fingerprint density at radius 2 is 0.833 bits per heavy atom. The largest absolute Gasteiger partial charge is 0.256 e. The molecule has 0 atom stereocenters. The van der Waals surface area contributed by atoms with E-state index in [0.29, 0.717) is 0 Å². The molecule has 0 radical (unpaired) electrons. The Labute approximate surface area is 174 Å². The maximum Gasteiger partial charge on any atom is 0.0780 e. The minimum Gasteiger partial charge on any atom is -0.256 e. The predicted octanol–water partition coefficient (Wildman–Crippen LogP) is 7.27. The van der Waals surface area contributed by atoms with Crippen molar-refractivity contribution in [3.63, 3.8) is 0 Å². The fraction of sp³-hybridized carbons (Fsp3) is 0. The second-order valence-corrected chi connectivity index (χ2v) is 7.55. The summed E-state index contributed by atoms with van der Waals surface area (Å²) in [4.78, 5) is 9.38. The van der Waals surface area contributed by atoms with Crippen molar-refractivity contribution in [1.82, 2.24) is 9.97 Å². The molecule has 0 amide bonds. The molecule has 0 aliphatic heterocycles. The highest BCUT2D eigenvalue weighted by Gasteiger charge is 2.10. The van der Waals surface area contributed by atoms with Crippen molar-refractivity contribution in [1.29, 1.82) is 0 Å². The van der Waals surface area contributed by atoms with Gasteiger partial charge in [0.2, 0.25) is 0 Å². The van der Waals surface area contributed by atoms with Gasteiger partial charge in [0.05, 0.1) is 11.4 Å². The van der Waals surface area contributed by atoms with Gasteiger partial charge in [0, 0.05) is 34.3 Å². The van der Waals surface area contributed by atoms with Gasteiger partial charge in [-0.25, -0.2) is 0 Å². The molecule has 6 rings (SSSR count). The smallest absolute Gasteiger partial charge is 0.0780 e. The van der Waals surface area contributed by atoms with Crippen molar-refractivity contribution < 1.29 is 0 Å².